The molecule has 88 valence electrons. The maximum Gasteiger partial charge on any atom is 0.0497 e. The number of benzene rings is 1. The fourth-order valence-electron chi connectivity index (χ4n) is 2.13. The number of fused-ring (bicyclic) bond motifs is 1. The lowest BCUT2D eigenvalue weighted by Crippen LogP contribution is -2.34. The van der Waals surface area contributed by atoms with Gasteiger partial charge in [0.2, 0.25) is 0 Å². The van der Waals surface area contributed by atoms with Crippen LogP contribution in [0.4, 0.5) is 0 Å². The third-order valence-electron chi connectivity index (χ3n) is 3.31. The van der Waals surface area contributed by atoms with Gasteiger partial charge >= 0.3 is 0 Å². The summed E-state index contributed by atoms with van der Waals surface area (Å²) in [5.74, 6) is 0. The molecule has 1 aromatic rings. The monoisotopic (exact) mass is 237 g/mol. The first-order chi connectivity index (χ1) is 7.67. The molecule has 16 heavy (non-hydrogen) atoms. The number of thioether (sulfide) groups is 1. The lowest BCUT2D eigenvalue weighted by Gasteiger charge is -2.28. The molecule has 2 atom stereocenters. The number of hydrogen-bond acceptors (Lipinski definition) is 3. The summed E-state index contributed by atoms with van der Waals surface area (Å²) in [6.45, 7) is 2.80. The van der Waals surface area contributed by atoms with Crippen LogP contribution in [0, 0.1) is 5.41 Å². The molecule has 1 aromatic carbocycles. The second kappa shape index (κ2) is 4.78. The molecule has 0 fully saturated rings. The fourth-order valence-corrected chi connectivity index (χ4v) is 3.70. The number of rotatable bonds is 4. The van der Waals surface area contributed by atoms with E-state index in [1.54, 1.807) is 0 Å². The standard InChI is InChI=1S/C13H19NOS/c1-13(8-14,9-15)7-11-6-10-4-2-3-5-12(10)16-11/h2-5,11,15H,6-9,14H2,1H3. The van der Waals surface area contributed by atoms with Gasteiger partial charge in [0.05, 0.1) is 0 Å². The SMILES string of the molecule is CC(CN)(CO)CC1Cc2ccccc2S1. The van der Waals surface area contributed by atoms with Crippen molar-refractivity contribution in [2.24, 2.45) is 11.1 Å². The van der Waals surface area contributed by atoms with Gasteiger partial charge in [-0.3, -0.25) is 0 Å². The Bertz CT molecular complexity index is 338. The second-order valence-corrected chi connectivity index (χ2v) is 6.27. The van der Waals surface area contributed by atoms with Gasteiger partial charge in [-0.2, -0.15) is 0 Å². The van der Waals surface area contributed by atoms with Crippen LogP contribution in [0.1, 0.15) is 18.9 Å². The minimum Gasteiger partial charge on any atom is -0.396 e. The fraction of sp³-hybridized carbons (Fsp3) is 0.538. The smallest absolute Gasteiger partial charge is 0.0497 e. The van der Waals surface area contributed by atoms with E-state index in [-0.39, 0.29) is 12.0 Å². The summed E-state index contributed by atoms with van der Waals surface area (Å²) in [4.78, 5) is 1.39. The molecule has 3 heteroatoms. The molecule has 0 aliphatic carbocycles. The molecule has 2 rings (SSSR count). The average Bonchev–Trinajstić information content (AvgIpc) is 2.70. The van der Waals surface area contributed by atoms with Gasteiger partial charge in [0.25, 0.3) is 0 Å². The zero-order chi connectivity index (χ0) is 11.6. The number of aliphatic hydroxyl groups excluding tert-OH is 1. The summed E-state index contributed by atoms with van der Waals surface area (Å²) in [5, 5.41) is 9.94. The molecule has 0 saturated carbocycles. The maximum absolute atomic E-state index is 9.37. The van der Waals surface area contributed by atoms with Gasteiger partial charge in [0, 0.05) is 22.2 Å². The van der Waals surface area contributed by atoms with E-state index >= 15 is 0 Å². The van der Waals surface area contributed by atoms with E-state index in [0.717, 1.165) is 12.8 Å². The minimum atomic E-state index is -0.125. The third kappa shape index (κ3) is 2.42. The number of hydrogen-bond donors (Lipinski definition) is 2. The van der Waals surface area contributed by atoms with Crippen LogP contribution in [0.15, 0.2) is 29.2 Å². The number of nitrogens with two attached hydrogens (primary N) is 1. The Morgan fingerprint density at radius 3 is 2.88 bits per heavy atom. The Labute approximate surface area is 101 Å². The van der Waals surface area contributed by atoms with Crippen molar-refractivity contribution in [3.8, 4) is 0 Å². The predicted molar refractivity (Wildman–Crippen MR) is 68.7 cm³/mol. The Hall–Kier alpha value is -0.510. The van der Waals surface area contributed by atoms with Crippen LogP contribution in [0.2, 0.25) is 0 Å². The van der Waals surface area contributed by atoms with Crippen LogP contribution in [0.3, 0.4) is 0 Å². The van der Waals surface area contributed by atoms with Crippen LogP contribution >= 0.6 is 11.8 Å². The highest BCUT2D eigenvalue weighted by atomic mass is 32.2. The van der Waals surface area contributed by atoms with Gasteiger partial charge in [0.1, 0.15) is 0 Å². The zero-order valence-corrected chi connectivity index (χ0v) is 10.5. The summed E-state index contributed by atoms with van der Waals surface area (Å²) in [6, 6.07) is 8.55. The second-order valence-electron chi connectivity index (χ2n) is 4.93. The summed E-state index contributed by atoms with van der Waals surface area (Å²) in [7, 11) is 0. The summed E-state index contributed by atoms with van der Waals surface area (Å²) in [5.41, 5.74) is 7.05. The topological polar surface area (TPSA) is 46.2 Å². The first kappa shape index (κ1) is 12.0. The predicted octanol–water partition coefficient (Wildman–Crippen LogP) is 2.05. The zero-order valence-electron chi connectivity index (χ0n) is 9.65. The molecular weight excluding hydrogens is 218 g/mol. The van der Waals surface area contributed by atoms with Crippen LogP contribution in [-0.2, 0) is 6.42 Å². The van der Waals surface area contributed by atoms with Gasteiger partial charge in [-0.1, -0.05) is 25.1 Å². The van der Waals surface area contributed by atoms with Crippen molar-refractivity contribution < 1.29 is 5.11 Å². The van der Waals surface area contributed by atoms with Crippen LogP contribution in [0.5, 0.6) is 0 Å². The highest BCUT2D eigenvalue weighted by Crippen LogP contribution is 2.41. The molecule has 0 bridgehead atoms. The molecule has 3 N–H and O–H groups in total. The highest BCUT2D eigenvalue weighted by molar-refractivity contribution is 8.00. The van der Waals surface area contributed by atoms with Gasteiger partial charge in [0.15, 0.2) is 0 Å². The van der Waals surface area contributed by atoms with Crippen molar-refractivity contribution >= 4 is 11.8 Å². The molecule has 1 aliphatic rings. The van der Waals surface area contributed by atoms with Crippen LogP contribution < -0.4 is 5.73 Å². The molecule has 2 unspecified atom stereocenters. The first-order valence-electron chi connectivity index (χ1n) is 5.72. The molecule has 0 amide bonds. The van der Waals surface area contributed by atoms with E-state index < -0.39 is 0 Å². The summed E-state index contributed by atoms with van der Waals surface area (Å²) >= 11 is 1.93. The Kier molecular flexibility index (Phi) is 3.57. The van der Waals surface area contributed by atoms with Crippen molar-refractivity contribution in [1.29, 1.82) is 0 Å². The maximum atomic E-state index is 9.37. The van der Waals surface area contributed by atoms with Crippen molar-refractivity contribution in [3.05, 3.63) is 29.8 Å². The van der Waals surface area contributed by atoms with Gasteiger partial charge in [-0.15, -0.1) is 11.8 Å². The first-order valence-corrected chi connectivity index (χ1v) is 6.60. The van der Waals surface area contributed by atoms with E-state index in [4.69, 9.17) is 5.73 Å². The van der Waals surface area contributed by atoms with Gasteiger partial charge in [-0.05, 0) is 31.0 Å². The lowest BCUT2D eigenvalue weighted by atomic mass is 9.85. The lowest BCUT2D eigenvalue weighted by molar-refractivity contribution is 0.139. The van der Waals surface area contributed by atoms with E-state index in [1.165, 1.54) is 10.5 Å². The van der Waals surface area contributed by atoms with Crippen molar-refractivity contribution in [1.82, 2.24) is 0 Å². The third-order valence-corrected chi connectivity index (χ3v) is 4.63. The molecule has 0 aromatic heterocycles. The van der Waals surface area contributed by atoms with Gasteiger partial charge < -0.3 is 10.8 Å². The minimum absolute atomic E-state index is 0.125. The average molecular weight is 237 g/mol. The Morgan fingerprint density at radius 2 is 2.25 bits per heavy atom. The largest absolute Gasteiger partial charge is 0.396 e. The normalized spacial score (nSPS) is 22.8. The van der Waals surface area contributed by atoms with Crippen molar-refractivity contribution in [2.75, 3.05) is 13.2 Å². The van der Waals surface area contributed by atoms with Crippen LogP contribution in [-0.4, -0.2) is 23.5 Å². The summed E-state index contributed by atoms with van der Waals surface area (Å²) in [6.07, 6.45) is 2.09. The van der Waals surface area contributed by atoms with Crippen molar-refractivity contribution in [3.63, 3.8) is 0 Å². The Balaban J connectivity index is 2.02. The van der Waals surface area contributed by atoms with E-state index in [2.05, 4.69) is 31.2 Å². The molecular formula is C13H19NOS. The molecule has 0 radical (unpaired) electrons. The molecule has 1 aliphatic heterocycles. The summed E-state index contributed by atoms with van der Waals surface area (Å²) < 4.78 is 0. The number of aliphatic hydroxyl groups is 1. The molecule has 2 nitrogen and oxygen atoms in total. The molecule has 1 heterocycles. The van der Waals surface area contributed by atoms with E-state index in [0.29, 0.717) is 11.8 Å². The van der Waals surface area contributed by atoms with Crippen molar-refractivity contribution in [2.45, 2.75) is 29.9 Å². The Morgan fingerprint density at radius 1 is 1.50 bits per heavy atom. The van der Waals surface area contributed by atoms with E-state index in [1.807, 2.05) is 11.8 Å². The van der Waals surface area contributed by atoms with Crippen LogP contribution in [0.25, 0.3) is 0 Å². The highest BCUT2D eigenvalue weighted by Gasteiger charge is 2.30. The quantitative estimate of drug-likeness (QED) is 0.842. The molecule has 0 saturated heterocycles. The van der Waals surface area contributed by atoms with E-state index in [9.17, 15) is 5.11 Å². The van der Waals surface area contributed by atoms with Gasteiger partial charge in [-0.25, -0.2) is 0 Å². The molecule has 0 spiro atoms.